The average molecular weight is 224 g/mol. The third-order valence-electron chi connectivity index (χ3n) is 1.50. The van der Waals surface area contributed by atoms with Gasteiger partial charge in [-0.3, -0.25) is 4.57 Å². The third kappa shape index (κ3) is 8.57. The van der Waals surface area contributed by atoms with Crippen molar-refractivity contribution < 1.29 is 13.8 Å². The highest BCUT2D eigenvalue weighted by Crippen LogP contribution is 2.09. The van der Waals surface area contributed by atoms with Crippen LogP contribution in [0.1, 0.15) is 6.42 Å². The second-order valence-electron chi connectivity index (χ2n) is 2.44. The molecule has 0 radical (unpaired) electrons. The van der Waals surface area contributed by atoms with E-state index < -0.39 is 8.69 Å². The molecule has 0 aliphatic heterocycles. The van der Waals surface area contributed by atoms with Gasteiger partial charge in [-0.2, -0.15) is 11.8 Å². The quantitative estimate of drug-likeness (QED) is 0.341. The van der Waals surface area contributed by atoms with Crippen molar-refractivity contribution in [1.82, 2.24) is 0 Å². The summed E-state index contributed by atoms with van der Waals surface area (Å²) >= 11 is 1.77. The lowest BCUT2D eigenvalue weighted by atomic mass is 10.3. The molecule has 0 aliphatic carbocycles. The van der Waals surface area contributed by atoms with Crippen LogP contribution in [0.5, 0.6) is 0 Å². The summed E-state index contributed by atoms with van der Waals surface area (Å²) in [7, 11) is 0.606. The number of thioether (sulfide) groups is 1. The highest BCUT2D eigenvalue weighted by Gasteiger charge is 2.06. The summed E-state index contributed by atoms with van der Waals surface area (Å²) in [6.45, 7) is 4.15. The first-order chi connectivity index (χ1) is 6.35. The molecular formula is C8H17O3PS. The SMILES string of the molecule is C=CCSC[C@@H](CCO[PH2]=O)OC. The maximum atomic E-state index is 10.1. The molecule has 0 N–H and O–H groups in total. The Morgan fingerprint density at radius 1 is 1.69 bits per heavy atom. The second-order valence-corrected chi connectivity index (χ2v) is 4.04. The van der Waals surface area contributed by atoms with Crippen molar-refractivity contribution in [1.29, 1.82) is 0 Å². The maximum absolute atomic E-state index is 10.1. The van der Waals surface area contributed by atoms with Gasteiger partial charge in [-0.1, -0.05) is 6.08 Å². The molecule has 0 spiro atoms. The van der Waals surface area contributed by atoms with Crippen molar-refractivity contribution in [3.05, 3.63) is 12.7 Å². The number of methoxy groups -OCH3 is 1. The monoisotopic (exact) mass is 224 g/mol. The lowest BCUT2D eigenvalue weighted by molar-refractivity contribution is 0.101. The lowest BCUT2D eigenvalue weighted by Gasteiger charge is -2.13. The van der Waals surface area contributed by atoms with Gasteiger partial charge in [0.05, 0.1) is 12.7 Å². The fraction of sp³-hybridized carbons (Fsp3) is 0.750. The molecule has 0 aromatic heterocycles. The van der Waals surface area contributed by atoms with Gasteiger partial charge in [0.25, 0.3) is 0 Å². The first kappa shape index (κ1) is 13.2. The number of ether oxygens (including phenoxy) is 1. The molecule has 3 nitrogen and oxygen atoms in total. The first-order valence-electron chi connectivity index (χ1n) is 4.11. The first-order valence-corrected chi connectivity index (χ1v) is 6.21. The zero-order valence-corrected chi connectivity index (χ0v) is 9.87. The van der Waals surface area contributed by atoms with Gasteiger partial charge in [0.15, 0.2) is 8.69 Å². The Kier molecular flexibility index (Phi) is 10.5. The fourth-order valence-corrected chi connectivity index (χ4v) is 1.90. The van der Waals surface area contributed by atoms with E-state index in [9.17, 15) is 4.57 Å². The van der Waals surface area contributed by atoms with Crippen molar-refractivity contribution >= 4 is 20.4 Å². The van der Waals surface area contributed by atoms with Gasteiger partial charge >= 0.3 is 0 Å². The summed E-state index contributed by atoms with van der Waals surface area (Å²) < 4.78 is 20.1. The van der Waals surface area contributed by atoms with Crippen LogP contribution < -0.4 is 0 Å². The summed E-state index contributed by atoms with van der Waals surface area (Å²) in [6.07, 6.45) is 2.86. The molecule has 13 heavy (non-hydrogen) atoms. The minimum Gasteiger partial charge on any atom is -0.381 e. The van der Waals surface area contributed by atoms with Gasteiger partial charge in [0, 0.05) is 18.6 Å². The molecule has 0 aromatic carbocycles. The van der Waals surface area contributed by atoms with E-state index in [1.54, 1.807) is 18.9 Å². The van der Waals surface area contributed by atoms with Crippen molar-refractivity contribution in [2.24, 2.45) is 0 Å². The van der Waals surface area contributed by atoms with Crippen LogP contribution in [-0.2, 0) is 13.8 Å². The summed E-state index contributed by atoms with van der Waals surface area (Å²) in [5, 5.41) is 0. The average Bonchev–Trinajstić information content (AvgIpc) is 2.16. The minimum absolute atomic E-state index is 0.191. The molecule has 1 unspecified atom stereocenters. The second kappa shape index (κ2) is 10.3. The lowest BCUT2D eigenvalue weighted by Crippen LogP contribution is -2.15. The van der Waals surface area contributed by atoms with Crippen LogP contribution in [0, 0.1) is 0 Å². The van der Waals surface area contributed by atoms with Crippen LogP contribution in [-0.4, -0.2) is 31.3 Å². The molecule has 0 aromatic rings. The van der Waals surface area contributed by atoms with E-state index in [1.807, 2.05) is 6.08 Å². The summed E-state index contributed by atoms with van der Waals surface area (Å²) in [5.41, 5.74) is 0. The normalized spacial score (nSPS) is 13.6. The Hall–Kier alpha value is 0.240. The van der Waals surface area contributed by atoms with Gasteiger partial charge in [-0.15, -0.1) is 6.58 Å². The Morgan fingerprint density at radius 3 is 3.00 bits per heavy atom. The van der Waals surface area contributed by atoms with E-state index in [-0.39, 0.29) is 6.10 Å². The zero-order valence-electron chi connectivity index (χ0n) is 7.90. The predicted octanol–water partition coefficient (Wildman–Crippen LogP) is 2.00. The van der Waals surface area contributed by atoms with Gasteiger partial charge < -0.3 is 9.26 Å². The molecule has 78 valence electrons. The smallest absolute Gasteiger partial charge is 0.179 e. The topological polar surface area (TPSA) is 35.5 Å². The molecule has 0 saturated heterocycles. The van der Waals surface area contributed by atoms with Gasteiger partial charge in [0.1, 0.15) is 0 Å². The van der Waals surface area contributed by atoms with Crippen LogP contribution in [0.25, 0.3) is 0 Å². The van der Waals surface area contributed by atoms with E-state index in [0.29, 0.717) is 6.61 Å². The van der Waals surface area contributed by atoms with Crippen molar-refractivity contribution in [2.75, 3.05) is 25.2 Å². The number of rotatable bonds is 9. The molecule has 0 bridgehead atoms. The van der Waals surface area contributed by atoms with Crippen molar-refractivity contribution in [3.63, 3.8) is 0 Å². The fourth-order valence-electron chi connectivity index (χ4n) is 0.800. The van der Waals surface area contributed by atoms with Crippen LogP contribution in [0.3, 0.4) is 0 Å². The Labute approximate surface area is 85.2 Å². The molecule has 0 amide bonds. The molecule has 2 atom stereocenters. The Bertz CT molecular complexity index is 129. The molecule has 0 aliphatic rings. The van der Waals surface area contributed by atoms with Crippen LogP contribution in [0.4, 0.5) is 0 Å². The van der Waals surface area contributed by atoms with E-state index in [4.69, 9.17) is 9.26 Å². The Morgan fingerprint density at radius 2 is 2.46 bits per heavy atom. The maximum Gasteiger partial charge on any atom is 0.179 e. The van der Waals surface area contributed by atoms with E-state index >= 15 is 0 Å². The van der Waals surface area contributed by atoms with E-state index in [0.717, 1.165) is 17.9 Å². The molecule has 0 saturated carbocycles. The minimum atomic E-state index is -1.08. The van der Waals surface area contributed by atoms with Gasteiger partial charge in [0.2, 0.25) is 0 Å². The van der Waals surface area contributed by atoms with Crippen LogP contribution in [0.2, 0.25) is 0 Å². The molecule has 5 heteroatoms. The van der Waals surface area contributed by atoms with Gasteiger partial charge in [-0.05, 0) is 6.42 Å². The molecule has 0 rings (SSSR count). The summed E-state index contributed by atoms with van der Waals surface area (Å²) in [6, 6.07) is 0. The van der Waals surface area contributed by atoms with E-state index in [2.05, 4.69) is 6.58 Å². The largest absolute Gasteiger partial charge is 0.381 e. The zero-order chi connectivity index (χ0) is 9.94. The highest BCUT2D eigenvalue weighted by molar-refractivity contribution is 7.99. The predicted molar refractivity (Wildman–Crippen MR) is 59.3 cm³/mol. The van der Waals surface area contributed by atoms with Crippen LogP contribution >= 0.6 is 20.4 Å². The summed E-state index contributed by atoms with van der Waals surface area (Å²) in [4.78, 5) is 0. The highest BCUT2D eigenvalue weighted by atomic mass is 32.2. The Balaban J connectivity index is 3.38. The van der Waals surface area contributed by atoms with E-state index in [1.165, 1.54) is 0 Å². The van der Waals surface area contributed by atoms with Gasteiger partial charge in [-0.25, -0.2) is 0 Å². The van der Waals surface area contributed by atoms with Crippen molar-refractivity contribution in [2.45, 2.75) is 12.5 Å². The molecule has 0 heterocycles. The standard InChI is InChI=1S/C8H17O3PS/c1-3-6-13-7-8(10-2)4-5-11-12-9/h3,8H,1,4-7,12H2,2H3/t8-/m1/s1. The number of hydrogen-bond acceptors (Lipinski definition) is 4. The molecular weight excluding hydrogens is 207 g/mol. The molecule has 0 fully saturated rings. The number of hydrogen-bond donors (Lipinski definition) is 0. The third-order valence-corrected chi connectivity index (χ3v) is 2.95. The van der Waals surface area contributed by atoms with Crippen LogP contribution in [0.15, 0.2) is 12.7 Å². The van der Waals surface area contributed by atoms with Crippen molar-refractivity contribution in [3.8, 4) is 0 Å². The summed E-state index contributed by atoms with van der Waals surface area (Å²) in [5.74, 6) is 1.87.